The highest BCUT2D eigenvalue weighted by atomic mass is 16.5. The van der Waals surface area contributed by atoms with Gasteiger partial charge in [-0.1, -0.05) is 35.4 Å². The van der Waals surface area contributed by atoms with E-state index >= 15 is 0 Å². The number of carbonyl (C=O) groups is 1. The lowest BCUT2D eigenvalue weighted by molar-refractivity contribution is 0.101. The van der Waals surface area contributed by atoms with Gasteiger partial charge in [-0.25, -0.2) is 0 Å². The SMILES string of the molecule is CC(=O)c1ccc(C)cc1OCc1cc(C)cc(C)c1. The van der Waals surface area contributed by atoms with E-state index in [0.717, 1.165) is 11.1 Å². The molecule has 0 heterocycles. The van der Waals surface area contributed by atoms with Crippen LogP contribution in [0.3, 0.4) is 0 Å². The van der Waals surface area contributed by atoms with Gasteiger partial charge in [-0.05, 0) is 51.0 Å². The molecule has 2 rings (SSSR count). The molecule has 2 nitrogen and oxygen atoms in total. The molecule has 0 spiro atoms. The van der Waals surface area contributed by atoms with E-state index in [-0.39, 0.29) is 5.78 Å². The van der Waals surface area contributed by atoms with E-state index in [0.29, 0.717) is 17.9 Å². The molecule has 0 atom stereocenters. The predicted molar refractivity (Wildman–Crippen MR) is 81.4 cm³/mol. The quantitative estimate of drug-likeness (QED) is 0.768. The number of hydrogen-bond acceptors (Lipinski definition) is 2. The van der Waals surface area contributed by atoms with Crippen LogP contribution in [0.2, 0.25) is 0 Å². The molecular weight excluding hydrogens is 248 g/mol. The van der Waals surface area contributed by atoms with Crippen LogP contribution < -0.4 is 4.74 Å². The van der Waals surface area contributed by atoms with Crippen LogP contribution >= 0.6 is 0 Å². The van der Waals surface area contributed by atoms with Crippen LogP contribution in [-0.2, 0) is 6.61 Å². The number of aryl methyl sites for hydroxylation is 3. The van der Waals surface area contributed by atoms with Gasteiger partial charge >= 0.3 is 0 Å². The minimum atomic E-state index is 0.0282. The number of Topliss-reactive ketones (excluding diaryl/α,β-unsaturated/α-hetero) is 1. The van der Waals surface area contributed by atoms with Crippen LogP contribution in [0.25, 0.3) is 0 Å². The molecule has 0 saturated heterocycles. The van der Waals surface area contributed by atoms with E-state index in [9.17, 15) is 4.79 Å². The van der Waals surface area contributed by atoms with Crippen molar-refractivity contribution >= 4 is 5.78 Å². The van der Waals surface area contributed by atoms with Gasteiger partial charge in [0.05, 0.1) is 5.56 Å². The summed E-state index contributed by atoms with van der Waals surface area (Å²) in [5.41, 5.74) is 5.29. The van der Waals surface area contributed by atoms with Crippen LogP contribution in [0.1, 0.15) is 39.5 Å². The van der Waals surface area contributed by atoms with Crippen LogP contribution in [0.4, 0.5) is 0 Å². The fourth-order valence-electron chi connectivity index (χ4n) is 2.35. The lowest BCUT2D eigenvalue weighted by atomic mass is 10.1. The molecule has 0 saturated carbocycles. The molecule has 20 heavy (non-hydrogen) atoms. The Kier molecular flexibility index (Phi) is 4.23. The topological polar surface area (TPSA) is 26.3 Å². The average molecular weight is 268 g/mol. The van der Waals surface area contributed by atoms with Crippen molar-refractivity contribution < 1.29 is 9.53 Å². The van der Waals surface area contributed by atoms with Crippen molar-refractivity contribution in [3.05, 3.63) is 64.2 Å². The number of hydrogen-bond donors (Lipinski definition) is 0. The van der Waals surface area contributed by atoms with Gasteiger partial charge in [0.2, 0.25) is 0 Å². The van der Waals surface area contributed by atoms with E-state index in [1.54, 1.807) is 6.92 Å². The number of carbonyl (C=O) groups excluding carboxylic acids is 1. The first-order valence-electron chi connectivity index (χ1n) is 6.77. The molecule has 104 valence electrons. The third-order valence-electron chi connectivity index (χ3n) is 3.19. The second-order valence-corrected chi connectivity index (χ2v) is 5.34. The van der Waals surface area contributed by atoms with Crippen molar-refractivity contribution in [3.8, 4) is 5.75 Å². The summed E-state index contributed by atoms with van der Waals surface area (Å²) in [4.78, 5) is 11.6. The molecule has 0 radical (unpaired) electrons. The van der Waals surface area contributed by atoms with Gasteiger partial charge in [-0.15, -0.1) is 0 Å². The second kappa shape index (κ2) is 5.91. The molecule has 0 aromatic heterocycles. The lowest BCUT2D eigenvalue weighted by Gasteiger charge is -2.12. The number of benzene rings is 2. The summed E-state index contributed by atoms with van der Waals surface area (Å²) in [7, 11) is 0. The fourth-order valence-corrected chi connectivity index (χ4v) is 2.35. The predicted octanol–water partition coefficient (Wildman–Crippen LogP) is 4.39. The fraction of sp³-hybridized carbons (Fsp3) is 0.278. The van der Waals surface area contributed by atoms with Crippen LogP contribution in [0.5, 0.6) is 5.75 Å². The van der Waals surface area contributed by atoms with E-state index in [2.05, 4.69) is 32.0 Å². The maximum atomic E-state index is 11.6. The van der Waals surface area contributed by atoms with Gasteiger partial charge in [-0.2, -0.15) is 0 Å². The Morgan fingerprint density at radius 1 is 0.950 bits per heavy atom. The Labute approximate surface area is 120 Å². The molecule has 0 amide bonds. The maximum Gasteiger partial charge on any atom is 0.163 e. The van der Waals surface area contributed by atoms with Gasteiger partial charge in [-0.3, -0.25) is 4.79 Å². The van der Waals surface area contributed by atoms with Gasteiger partial charge < -0.3 is 4.74 Å². The molecule has 0 aliphatic heterocycles. The van der Waals surface area contributed by atoms with E-state index in [4.69, 9.17) is 4.74 Å². The highest BCUT2D eigenvalue weighted by molar-refractivity contribution is 5.96. The molecule has 0 fully saturated rings. The number of rotatable bonds is 4. The smallest absolute Gasteiger partial charge is 0.163 e. The number of ketones is 1. The summed E-state index contributed by atoms with van der Waals surface area (Å²) in [6.07, 6.45) is 0. The molecule has 0 unspecified atom stereocenters. The monoisotopic (exact) mass is 268 g/mol. The summed E-state index contributed by atoms with van der Waals surface area (Å²) in [6, 6.07) is 12.0. The molecule has 0 aliphatic rings. The summed E-state index contributed by atoms with van der Waals surface area (Å²) >= 11 is 0. The Bertz CT molecular complexity index is 622. The first kappa shape index (κ1) is 14.3. The first-order chi connectivity index (χ1) is 9.45. The van der Waals surface area contributed by atoms with Crippen molar-refractivity contribution in [2.75, 3.05) is 0 Å². The summed E-state index contributed by atoms with van der Waals surface area (Å²) in [6.45, 7) is 8.18. The first-order valence-corrected chi connectivity index (χ1v) is 6.77. The third kappa shape index (κ3) is 3.47. The van der Waals surface area contributed by atoms with Crippen LogP contribution in [-0.4, -0.2) is 5.78 Å². The highest BCUT2D eigenvalue weighted by Crippen LogP contribution is 2.22. The zero-order chi connectivity index (χ0) is 14.7. The minimum absolute atomic E-state index is 0.0282. The lowest BCUT2D eigenvalue weighted by Crippen LogP contribution is -2.02. The Morgan fingerprint density at radius 2 is 1.60 bits per heavy atom. The van der Waals surface area contributed by atoms with Gasteiger partial charge in [0, 0.05) is 0 Å². The van der Waals surface area contributed by atoms with Gasteiger partial charge in [0.1, 0.15) is 12.4 Å². The van der Waals surface area contributed by atoms with Crippen molar-refractivity contribution in [2.24, 2.45) is 0 Å². The third-order valence-corrected chi connectivity index (χ3v) is 3.19. The number of ether oxygens (including phenoxy) is 1. The molecule has 0 aliphatic carbocycles. The molecule has 0 bridgehead atoms. The van der Waals surface area contributed by atoms with Crippen molar-refractivity contribution in [1.29, 1.82) is 0 Å². The molecular formula is C18H20O2. The molecule has 2 heteroatoms. The Hall–Kier alpha value is -2.09. The van der Waals surface area contributed by atoms with Crippen molar-refractivity contribution in [1.82, 2.24) is 0 Å². The average Bonchev–Trinajstić information content (AvgIpc) is 2.35. The van der Waals surface area contributed by atoms with Gasteiger partial charge in [0.15, 0.2) is 5.78 Å². The summed E-state index contributed by atoms with van der Waals surface area (Å²) in [5.74, 6) is 0.692. The summed E-state index contributed by atoms with van der Waals surface area (Å²) < 4.78 is 5.85. The molecule has 2 aromatic carbocycles. The van der Waals surface area contributed by atoms with Crippen molar-refractivity contribution in [3.63, 3.8) is 0 Å². The molecule has 2 aromatic rings. The van der Waals surface area contributed by atoms with E-state index in [1.807, 2.05) is 25.1 Å². The van der Waals surface area contributed by atoms with E-state index in [1.165, 1.54) is 11.1 Å². The Morgan fingerprint density at radius 3 is 2.20 bits per heavy atom. The standard InChI is InChI=1S/C18H20O2/c1-12-5-6-17(15(4)19)18(10-12)20-11-16-8-13(2)7-14(3)9-16/h5-10H,11H2,1-4H3. The summed E-state index contributed by atoms with van der Waals surface area (Å²) in [5, 5.41) is 0. The Balaban J connectivity index is 2.22. The normalized spacial score (nSPS) is 10.4. The molecule has 0 N–H and O–H groups in total. The zero-order valence-electron chi connectivity index (χ0n) is 12.5. The van der Waals surface area contributed by atoms with Crippen LogP contribution in [0.15, 0.2) is 36.4 Å². The second-order valence-electron chi connectivity index (χ2n) is 5.34. The van der Waals surface area contributed by atoms with Crippen LogP contribution in [0, 0.1) is 20.8 Å². The largest absolute Gasteiger partial charge is 0.488 e. The highest BCUT2D eigenvalue weighted by Gasteiger charge is 2.09. The van der Waals surface area contributed by atoms with Crippen molar-refractivity contribution in [2.45, 2.75) is 34.3 Å². The van der Waals surface area contributed by atoms with Gasteiger partial charge in [0.25, 0.3) is 0 Å². The zero-order valence-corrected chi connectivity index (χ0v) is 12.5. The maximum absolute atomic E-state index is 11.6. The van der Waals surface area contributed by atoms with E-state index < -0.39 is 0 Å². The minimum Gasteiger partial charge on any atom is -0.488 e.